The molecule has 0 radical (unpaired) electrons. The summed E-state index contributed by atoms with van der Waals surface area (Å²) in [4.78, 5) is 13.7. The molecular formula is C14H18BrNO. The van der Waals surface area contributed by atoms with Crippen molar-refractivity contribution in [2.24, 2.45) is 0 Å². The molecule has 1 aromatic rings. The van der Waals surface area contributed by atoms with E-state index in [1.165, 1.54) is 11.3 Å². The summed E-state index contributed by atoms with van der Waals surface area (Å²) in [7, 11) is 0. The number of benzene rings is 1. The molecule has 1 atom stereocenters. The fourth-order valence-corrected chi connectivity index (χ4v) is 3.29. The topological polar surface area (TPSA) is 20.3 Å². The van der Waals surface area contributed by atoms with Crippen molar-refractivity contribution in [3.63, 3.8) is 0 Å². The highest BCUT2D eigenvalue weighted by Crippen LogP contribution is 2.43. The van der Waals surface area contributed by atoms with Gasteiger partial charge in [-0.25, -0.2) is 0 Å². The first kappa shape index (κ1) is 12.6. The number of rotatable bonds is 3. The summed E-state index contributed by atoms with van der Waals surface area (Å²) in [6, 6.07) is 6.75. The van der Waals surface area contributed by atoms with Gasteiger partial charge in [0.05, 0.1) is 0 Å². The van der Waals surface area contributed by atoms with E-state index in [0.717, 1.165) is 11.0 Å². The second-order valence-corrected chi connectivity index (χ2v) is 5.88. The van der Waals surface area contributed by atoms with Gasteiger partial charge in [-0.2, -0.15) is 0 Å². The normalized spacial score (nSPS) is 18.6. The molecule has 0 N–H and O–H groups in total. The number of anilines is 1. The summed E-state index contributed by atoms with van der Waals surface area (Å²) in [5.41, 5.74) is 2.58. The molecule has 92 valence electrons. The molecule has 1 aliphatic heterocycles. The van der Waals surface area contributed by atoms with Crippen LogP contribution in [0.15, 0.2) is 22.7 Å². The van der Waals surface area contributed by atoms with Crippen LogP contribution in [0.3, 0.4) is 0 Å². The molecule has 0 bridgehead atoms. The van der Waals surface area contributed by atoms with E-state index >= 15 is 0 Å². The van der Waals surface area contributed by atoms with Crippen LogP contribution < -0.4 is 4.90 Å². The van der Waals surface area contributed by atoms with Gasteiger partial charge < -0.3 is 9.69 Å². The third kappa shape index (κ3) is 2.39. The van der Waals surface area contributed by atoms with Crippen LogP contribution in [0.4, 0.5) is 5.69 Å². The summed E-state index contributed by atoms with van der Waals surface area (Å²) >= 11 is 3.62. The Bertz CT molecular complexity index is 442. The summed E-state index contributed by atoms with van der Waals surface area (Å²) < 4.78 is 1.13. The molecule has 2 nitrogen and oxygen atoms in total. The van der Waals surface area contributed by atoms with Gasteiger partial charge in [-0.05, 0) is 38.5 Å². The molecule has 0 fully saturated rings. The van der Waals surface area contributed by atoms with E-state index in [1.807, 2.05) is 0 Å². The van der Waals surface area contributed by atoms with Crippen molar-refractivity contribution in [2.75, 3.05) is 11.4 Å². The molecule has 0 saturated heterocycles. The molecule has 1 aromatic carbocycles. The van der Waals surface area contributed by atoms with Crippen molar-refractivity contribution in [1.29, 1.82) is 0 Å². The molecule has 3 heteroatoms. The molecule has 0 aromatic heterocycles. The SMILES string of the molecule is CC(=O)CC1CN(C(C)C)c2cccc(Br)c21. The van der Waals surface area contributed by atoms with Crippen LogP contribution in [0.5, 0.6) is 0 Å². The summed E-state index contributed by atoms with van der Waals surface area (Å²) in [6.45, 7) is 7.02. The van der Waals surface area contributed by atoms with Crippen LogP contribution in [0, 0.1) is 0 Å². The van der Waals surface area contributed by atoms with Crippen molar-refractivity contribution in [1.82, 2.24) is 0 Å². The Morgan fingerprint density at radius 2 is 2.24 bits per heavy atom. The lowest BCUT2D eigenvalue weighted by atomic mass is 9.96. The molecule has 0 aliphatic carbocycles. The predicted molar refractivity (Wildman–Crippen MR) is 74.7 cm³/mol. The predicted octanol–water partition coefficient (Wildman–Crippen LogP) is 3.74. The molecule has 0 amide bonds. The lowest BCUT2D eigenvalue weighted by molar-refractivity contribution is -0.117. The van der Waals surface area contributed by atoms with Crippen LogP contribution >= 0.6 is 15.9 Å². The van der Waals surface area contributed by atoms with Crippen molar-refractivity contribution in [2.45, 2.75) is 39.2 Å². The van der Waals surface area contributed by atoms with E-state index in [0.29, 0.717) is 18.4 Å². The van der Waals surface area contributed by atoms with Crippen LogP contribution in [0.1, 0.15) is 38.7 Å². The Labute approximate surface area is 111 Å². The zero-order chi connectivity index (χ0) is 12.6. The van der Waals surface area contributed by atoms with Crippen LogP contribution in [0.25, 0.3) is 0 Å². The minimum absolute atomic E-state index is 0.266. The Morgan fingerprint density at radius 3 is 2.82 bits per heavy atom. The first-order valence-corrected chi connectivity index (χ1v) is 6.84. The van der Waals surface area contributed by atoms with Crippen molar-refractivity contribution >= 4 is 27.4 Å². The molecule has 0 spiro atoms. The van der Waals surface area contributed by atoms with Gasteiger partial charge in [-0.15, -0.1) is 0 Å². The van der Waals surface area contributed by atoms with Gasteiger partial charge in [-0.1, -0.05) is 22.0 Å². The molecule has 0 saturated carbocycles. The second kappa shape index (κ2) is 4.81. The minimum atomic E-state index is 0.266. The molecule has 1 aliphatic rings. The first-order valence-electron chi connectivity index (χ1n) is 6.05. The number of carbonyl (C=O) groups excluding carboxylic acids is 1. The largest absolute Gasteiger partial charge is 0.368 e. The molecule has 1 unspecified atom stereocenters. The highest BCUT2D eigenvalue weighted by molar-refractivity contribution is 9.10. The van der Waals surface area contributed by atoms with Crippen molar-refractivity contribution in [3.05, 3.63) is 28.2 Å². The maximum atomic E-state index is 11.4. The van der Waals surface area contributed by atoms with E-state index < -0.39 is 0 Å². The fraction of sp³-hybridized carbons (Fsp3) is 0.500. The quantitative estimate of drug-likeness (QED) is 0.847. The third-order valence-electron chi connectivity index (χ3n) is 3.32. The Morgan fingerprint density at radius 1 is 1.53 bits per heavy atom. The number of fused-ring (bicyclic) bond motifs is 1. The summed E-state index contributed by atoms with van der Waals surface area (Å²) in [5, 5.41) is 0. The highest BCUT2D eigenvalue weighted by atomic mass is 79.9. The Hall–Kier alpha value is -0.830. The lowest BCUT2D eigenvalue weighted by Gasteiger charge is -2.24. The second-order valence-electron chi connectivity index (χ2n) is 5.02. The van der Waals surface area contributed by atoms with Crippen LogP contribution in [-0.2, 0) is 4.79 Å². The minimum Gasteiger partial charge on any atom is -0.368 e. The molecule has 1 heterocycles. The number of Topliss-reactive ketones (excluding diaryl/α,β-unsaturated/α-hetero) is 1. The maximum absolute atomic E-state index is 11.4. The first-order chi connectivity index (χ1) is 8.00. The van der Waals surface area contributed by atoms with E-state index in [-0.39, 0.29) is 5.78 Å². The highest BCUT2D eigenvalue weighted by Gasteiger charge is 2.32. The van der Waals surface area contributed by atoms with Crippen molar-refractivity contribution in [3.8, 4) is 0 Å². The molecular weight excluding hydrogens is 278 g/mol. The monoisotopic (exact) mass is 295 g/mol. The van der Waals surface area contributed by atoms with E-state index in [4.69, 9.17) is 0 Å². The number of nitrogens with zero attached hydrogens (tertiary/aromatic N) is 1. The maximum Gasteiger partial charge on any atom is 0.130 e. The molecule has 17 heavy (non-hydrogen) atoms. The van der Waals surface area contributed by atoms with Gasteiger partial charge in [0.1, 0.15) is 5.78 Å². The zero-order valence-corrected chi connectivity index (χ0v) is 12.1. The average Bonchev–Trinajstić information content (AvgIpc) is 2.57. The van der Waals surface area contributed by atoms with E-state index in [9.17, 15) is 4.79 Å². The lowest BCUT2D eigenvalue weighted by Crippen LogP contribution is -2.29. The number of carbonyl (C=O) groups is 1. The van der Waals surface area contributed by atoms with Crippen molar-refractivity contribution < 1.29 is 4.79 Å². The summed E-state index contributed by atoms with van der Waals surface area (Å²) in [6.07, 6.45) is 0.638. The fourth-order valence-electron chi connectivity index (χ4n) is 2.61. The smallest absolute Gasteiger partial charge is 0.130 e. The Balaban J connectivity index is 2.41. The number of hydrogen-bond donors (Lipinski definition) is 0. The zero-order valence-electron chi connectivity index (χ0n) is 10.5. The van der Waals surface area contributed by atoms with Crippen LogP contribution in [-0.4, -0.2) is 18.4 Å². The molecule has 2 rings (SSSR count). The van der Waals surface area contributed by atoms with E-state index in [1.54, 1.807) is 6.92 Å². The average molecular weight is 296 g/mol. The Kier molecular flexibility index (Phi) is 3.57. The number of halogens is 1. The van der Waals surface area contributed by atoms with Crippen LogP contribution in [0.2, 0.25) is 0 Å². The number of hydrogen-bond acceptors (Lipinski definition) is 2. The standard InChI is InChI=1S/C14H18BrNO/c1-9(2)16-8-11(7-10(3)17)14-12(15)5-4-6-13(14)16/h4-6,9,11H,7-8H2,1-3H3. The van der Waals surface area contributed by atoms with Gasteiger partial charge in [0, 0.05) is 35.1 Å². The van der Waals surface area contributed by atoms with E-state index in [2.05, 4.69) is 52.9 Å². The van der Waals surface area contributed by atoms with Gasteiger partial charge in [0.25, 0.3) is 0 Å². The van der Waals surface area contributed by atoms with Gasteiger partial charge in [0.2, 0.25) is 0 Å². The van der Waals surface area contributed by atoms with Gasteiger partial charge >= 0.3 is 0 Å². The van der Waals surface area contributed by atoms with Gasteiger partial charge in [-0.3, -0.25) is 0 Å². The third-order valence-corrected chi connectivity index (χ3v) is 4.01. The number of ketones is 1. The van der Waals surface area contributed by atoms with Gasteiger partial charge in [0.15, 0.2) is 0 Å². The summed E-state index contributed by atoms with van der Waals surface area (Å²) in [5.74, 6) is 0.600.